The van der Waals surface area contributed by atoms with Crippen LogP contribution in [0.15, 0.2) is 29.2 Å². The van der Waals surface area contributed by atoms with Crippen LogP contribution in [-0.2, 0) is 10.0 Å². The van der Waals surface area contributed by atoms with E-state index in [4.69, 9.17) is 0 Å². The van der Waals surface area contributed by atoms with Crippen LogP contribution in [0.4, 0.5) is 0 Å². The van der Waals surface area contributed by atoms with Crippen LogP contribution in [0.3, 0.4) is 0 Å². The van der Waals surface area contributed by atoms with Gasteiger partial charge in [-0.1, -0.05) is 38.5 Å². The SMILES string of the molecule is Cc1ccc(S(=O)(=O)N2CCCC(C(C)(C)C)CC2)cc1. The van der Waals surface area contributed by atoms with E-state index in [9.17, 15) is 8.42 Å². The molecule has 0 amide bonds. The molecule has 4 heteroatoms. The molecule has 1 aliphatic heterocycles. The largest absolute Gasteiger partial charge is 0.243 e. The van der Waals surface area contributed by atoms with Crippen LogP contribution < -0.4 is 0 Å². The van der Waals surface area contributed by atoms with Crippen molar-refractivity contribution in [3.8, 4) is 0 Å². The van der Waals surface area contributed by atoms with Crippen molar-refractivity contribution in [3.63, 3.8) is 0 Å². The van der Waals surface area contributed by atoms with Gasteiger partial charge >= 0.3 is 0 Å². The summed E-state index contributed by atoms with van der Waals surface area (Å²) in [7, 11) is -3.34. The van der Waals surface area contributed by atoms with Crippen LogP contribution in [0.5, 0.6) is 0 Å². The summed E-state index contributed by atoms with van der Waals surface area (Å²) >= 11 is 0. The molecule has 0 aromatic heterocycles. The van der Waals surface area contributed by atoms with Crippen LogP contribution in [0.25, 0.3) is 0 Å². The van der Waals surface area contributed by atoms with Crippen LogP contribution in [0, 0.1) is 18.3 Å². The van der Waals surface area contributed by atoms with E-state index in [-0.39, 0.29) is 5.41 Å². The molecule has 3 nitrogen and oxygen atoms in total. The predicted octanol–water partition coefficient (Wildman–Crippen LogP) is 3.83. The van der Waals surface area contributed by atoms with Crippen molar-refractivity contribution in [1.29, 1.82) is 0 Å². The zero-order valence-electron chi connectivity index (χ0n) is 13.6. The molecular formula is C17H27NO2S. The standard InChI is InChI=1S/C17H27NO2S/c1-14-7-9-16(10-8-14)21(19,20)18-12-5-6-15(11-13-18)17(2,3)4/h7-10,15H,5-6,11-13H2,1-4H3. The maximum atomic E-state index is 12.7. The number of nitrogens with zero attached hydrogens (tertiary/aromatic N) is 1. The van der Waals surface area contributed by atoms with E-state index >= 15 is 0 Å². The third-order valence-electron chi connectivity index (χ3n) is 4.57. The van der Waals surface area contributed by atoms with Crippen molar-refractivity contribution >= 4 is 10.0 Å². The molecular weight excluding hydrogens is 282 g/mol. The van der Waals surface area contributed by atoms with Crippen LogP contribution in [0.2, 0.25) is 0 Å². The molecule has 0 bridgehead atoms. The van der Waals surface area contributed by atoms with Crippen molar-refractivity contribution in [2.24, 2.45) is 11.3 Å². The predicted molar refractivity (Wildman–Crippen MR) is 86.7 cm³/mol. The highest BCUT2D eigenvalue weighted by Gasteiger charge is 2.31. The minimum atomic E-state index is -3.34. The highest BCUT2D eigenvalue weighted by Crippen LogP contribution is 2.35. The first kappa shape index (κ1) is 16.5. The van der Waals surface area contributed by atoms with Gasteiger partial charge in [0.15, 0.2) is 0 Å². The number of rotatable bonds is 2. The fraction of sp³-hybridized carbons (Fsp3) is 0.647. The van der Waals surface area contributed by atoms with E-state index in [2.05, 4.69) is 20.8 Å². The number of aryl methyl sites for hydroxylation is 1. The van der Waals surface area contributed by atoms with Gasteiger partial charge in [-0.25, -0.2) is 8.42 Å². The van der Waals surface area contributed by atoms with Gasteiger partial charge in [-0.2, -0.15) is 4.31 Å². The summed E-state index contributed by atoms with van der Waals surface area (Å²) in [5.74, 6) is 0.593. The quantitative estimate of drug-likeness (QED) is 0.832. The Morgan fingerprint density at radius 2 is 1.67 bits per heavy atom. The minimum Gasteiger partial charge on any atom is -0.207 e. The van der Waals surface area contributed by atoms with Crippen molar-refractivity contribution in [3.05, 3.63) is 29.8 Å². The zero-order valence-corrected chi connectivity index (χ0v) is 14.4. The van der Waals surface area contributed by atoms with Gasteiger partial charge in [-0.05, 0) is 49.7 Å². The second-order valence-corrected chi connectivity index (χ2v) is 9.15. The molecule has 1 aliphatic rings. The lowest BCUT2D eigenvalue weighted by atomic mass is 9.77. The summed E-state index contributed by atoms with van der Waals surface area (Å²) in [6.45, 7) is 10.0. The van der Waals surface area contributed by atoms with E-state index in [0.29, 0.717) is 23.9 Å². The number of sulfonamides is 1. The number of benzene rings is 1. The highest BCUT2D eigenvalue weighted by molar-refractivity contribution is 7.89. The molecule has 2 rings (SSSR count). The van der Waals surface area contributed by atoms with Crippen molar-refractivity contribution in [2.75, 3.05) is 13.1 Å². The molecule has 1 aromatic carbocycles. The molecule has 21 heavy (non-hydrogen) atoms. The number of hydrogen-bond acceptors (Lipinski definition) is 2. The number of hydrogen-bond donors (Lipinski definition) is 0. The lowest BCUT2D eigenvalue weighted by molar-refractivity contribution is 0.217. The Kier molecular flexibility index (Phi) is 4.79. The molecule has 0 radical (unpaired) electrons. The third-order valence-corrected chi connectivity index (χ3v) is 6.48. The minimum absolute atomic E-state index is 0.254. The molecule has 0 saturated carbocycles. The zero-order chi connectivity index (χ0) is 15.7. The Morgan fingerprint density at radius 3 is 2.24 bits per heavy atom. The summed E-state index contributed by atoms with van der Waals surface area (Å²) in [5.41, 5.74) is 1.33. The van der Waals surface area contributed by atoms with Gasteiger partial charge in [0.05, 0.1) is 4.90 Å². The fourth-order valence-electron chi connectivity index (χ4n) is 3.04. The maximum absolute atomic E-state index is 12.7. The lowest BCUT2D eigenvalue weighted by Crippen LogP contribution is -2.32. The highest BCUT2D eigenvalue weighted by atomic mass is 32.2. The second kappa shape index (κ2) is 6.09. The summed E-state index contributed by atoms with van der Waals surface area (Å²) in [6, 6.07) is 7.17. The first-order chi connectivity index (χ1) is 9.71. The van der Waals surface area contributed by atoms with Gasteiger partial charge in [0.1, 0.15) is 0 Å². The van der Waals surface area contributed by atoms with E-state index < -0.39 is 10.0 Å². The molecule has 1 aromatic rings. The molecule has 1 fully saturated rings. The van der Waals surface area contributed by atoms with Crippen LogP contribution in [0.1, 0.15) is 45.6 Å². The summed E-state index contributed by atoms with van der Waals surface area (Å²) < 4.78 is 27.1. The second-order valence-electron chi connectivity index (χ2n) is 7.21. The molecule has 0 aliphatic carbocycles. The molecule has 1 atom stereocenters. The first-order valence-electron chi connectivity index (χ1n) is 7.78. The van der Waals surface area contributed by atoms with Gasteiger partial charge in [0, 0.05) is 13.1 Å². The van der Waals surface area contributed by atoms with Crippen molar-refractivity contribution in [2.45, 2.75) is 51.9 Å². The third kappa shape index (κ3) is 3.86. The van der Waals surface area contributed by atoms with Gasteiger partial charge in [0.25, 0.3) is 0 Å². The monoisotopic (exact) mass is 309 g/mol. The maximum Gasteiger partial charge on any atom is 0.243 e. The van der Waals surface area contributed by atoms with Gasteiger partial charge in [-0.15, -0.1) is 0 Å². The summed E-state index contributed by atoms with van der Waals surface area (Å²) in [4.78, 5) is 0.419. The average molecular weight is 309 g/mol. The smallest absolute Gasteiger partial charge is 0.207 e. The summed E-state index contributed by atoms with van der Waals surface area (Å²) in [6.07, 6.45) is 3.02. The molecule has 1 unspecified atom stereocenters. The normalized spacial score (nSPS) is 22.0. The van der Waals surface area contributed by atoms with Crippen LogP contribution in [-0.4, -0.2) is 25.8 Å². The molecule has 0 N–H and O–H groups in total. The van der Waals surface area contributed by atoms with E-state index in [1.807, 2.05) is 19.1 Å². The Morgan fingerprint density at radius 1 is 1.05 bits per heavy atom. The molecule has 1 saturated heterocycles. The van der Waals surface area contributed by atoms with E-state index in [0.717, 1.165) is 24.8 Å². The molecule has 118 valence electrons. The first-order valence-corrected chi connectivity index (χ1v) is 9.22. The van der Waals surface area contributed by atoms with Gasteiger partial charge in [0.2, 0.25) is 10.0 Å². The fourth-order valence-corrected chi connectivity index (χ4v) is 4.53. The Hall–Kier alpha value is -0.870. The van der Waals surface area contributed by atoms with Gasteiger partial charge in [-0.3, -0.25) is 0 Å². The van der Waals surface area contributed by atoms with Crippen molar-refractivity contribution in [1.82, 2.24) is 4.31 Å². The summed E-state index contributed by atoms with van der Waals surface area (Å²) in [5, 5.41) is 0. The average Bonchev–Trinajstić information content (AvgIpc) is 2.64. The molecule has 1 heterocycles. The van der Waals surface area contributed by atoms with Gasteiger partial charge < -0.3 is 0 Å². The van der Waals surface area contributed by atoms with E-state index in [1.165, 1.54) is 0 Å². The topological polar surface area (TPSA) is 37.4 Å². The van der Waals surface area contributed by atoms with Crippen LogP contribution >= 0.6 is 0 Å². The Labute approximate surface area is 129 Å². The van der Waals surface area contributed by atoms with Crippen molar-refractivity contribution < 1.29 is 8.42 Å². The Bertz CT molecular complexity index is 570. The molecule has 0 spiro atoms. The Balaban J connectivity index is 2.16. The lowest BCUT2D eigenvalue weighted by Gasteiger charge is -2.29. The van der Waals surface area contributed by atoms with E-state index in [1.54, 1.807) is 16.4 Å².